The first kappa shape index (κ1) is 8.52. The molecule has 0 bridgehead atoms. The second-order valence-electron chi connectivity index (χ2n) is 2.59. The molecule has 0 aromatic carbocycles. The lowest BCUT2D eigenvalue weighted by Gasteiger charge is -2.11. The smallest absolute Gasteiger partial charge is 0.314 e. The third-order valence-corrected chi connectivity index (χ3v) is 1.71. The Morgan fingerprint density at radius 2 is 2.33 bits per heavy atom. The van der Waals surface area contributed by atoms with Gasteiger partial charge in [-0.15, -0.1) is 0 Å². The SMILES string of the molecule is CC1=C/C(=N/O)C=CC1C(=O)O. The van der Waals surface area contributed by atoms with Gasteiger partial charge in [0.05, 0.1) is 5.92 Å². The first-order valence-electron chi connectivity index (χ1n) is 3.46. The number of oxime groups is 1. The summed E-state index contributed by atoms with van der Waals surface area (Å²) in [6.07, 6.45) is 4.51. The lowest BCUT2D eigenvalue weighted by Crippen LogP contribution is -2.16. The number of carboxylic acid groups (broad SMARTS) is 1. The number of carboxylic acids is 1. The predicted octanol–water partition coefficient (Wildman–Crippen LogP) is 1.03. The van der Waals surface area contributed by atoms with Crippen LogP contribution in [0.2, 0.25) is 0 Å². The van der Waals surface area contributed by atoms with Crippen LogP contribution in [0.25, 0.3) is 0 Å². The van der Waals surface area contributed by atoms with Gasteiger partial charge in [0.1, 0.15) is 5.71 Å². The Kier molecular flexibility index (Phi) is 2.28. The molecule has 64 valence electrons. The van der Waals surface area contributed by atoms with Crippen LogP contribution in [0.4, 0.5) is 0 Å². The molecule has 1 atom stereocenters. The van der Waals surface area contributed by atoms with Gasteiger partial charge >= 0.3 is 5.97 Å². The van der Waals surface area contributed by atoms with Gasteiger partial charge in [0.2, 0.25) is 0 Å². The minimum Gasteiger partial charge on any atom is -0.481 e. The molecule has 0 fully saturated rings. The zero-order chi connectivity index (χ0) is 9.14. The number of hydrogen-bond donors (Lipinski definition) is 2. The molecule has 4 heteroatoms. The molecule has 0 aromatic rings. The van der Waals surface area contributed by atoms with Gasteiger partial charge < -0.3 is 10.3 Å². The highest BCUT2D eigenvalue weighted by molar-refractivity contribution is 6.06. The standard InChI is InChI=1S/C8H9NO3/c1-5-4-6(9-12)2-3-7(5)8(10)11/h2-4,7,12H,1H3,(H,10,11)/b9-6+. The minimum absolute atomic E-state index is 0.380. The molecular weight excluding hydrogens is 158 g/mol. The molecule has 1 aliphatic rings. The van der Waals surface area contributed by atoms with Gasteiger partial charge in [0.25, 0.3) is 0 Å². The van der Waals surface area contributed by atoms with Crippen LogP contribution in [0, 0.1) is 5.92 Å². The third-order valence-electron chi connectivity index (χ3n) is 1.71. The fourth-order valence-corrected chi connectivity index (χ4v) is 1.06. The summed E-state index contributed by atoms with van der Waals surface area (Å²) in [4.78, 5) is 10.6. The van der Waals surface area contributed by atoms with E-state index in [2.05, 4.69) is 5.16 Å². The Morgan fingerprint density at radius 3 is 2.75 bits per heavy atom. The highest BCUT2D eigenvalue weighted by Crippen LogP contribution is 2.17. The van der Waals surface area contributed by atoms with E-state index >= 15 is 0 Å². The van der Waals surface area contributed by atoms with Crippen molar-refractivity contribution in [1.29, 1.82) is 0 Å². The van der Waals surface area contributed by atoms with E-state index in [1.54, 1.807) is 13.0 Å². The lowest BCUT2D eigenvalue weighted by atomic mass is 9.94. The Labute approximate surface area is 69.5 Å². The molecule has 0 radical (unpaired) electrons. The van der Waals surface area contributed by atoms with E-state index in [4.69, 9.17) is 10.3 Å². The van der Waals surface area contributed by atoms with Crippen molar-refractivity contribution in [1.82, 2.24) is 0 Å². The fourth-order valence-electron chi connectivity index (χ4n) is 1.06. The second-order valence-corrected chi connectivity index (χ2v) is 2.59. The average molecular weight is 167 g/mol. The van der Waals surface area contributed by atoms with E-state index in [1.165, 1.54) is 12.2 Å². The van der Waals surface area contributed by atoms with Crippen molar-refractivity contribution in [2.45, 2.75) is 6.92 Å². The van der Waals surface area contributed by atoms with Crippen LogP contribution < -0.4 is 0 Å². The molecule has 2 N–H and O–H groups in total. The zero-order valence-electron chi connectivity index (χ0n) is 6.56. The number of aliphatic carboxylic acids is 1. The van der Waals surface area contributed by atoms with Gasteiger partial charge in [-0.2, -0.15) is 0 Å². The van der Waals surface area contributed by atoms with Crippen molar-refractivity contribution in [3.8, 4) is 0 Å². The highest BCUT2D eigenvalue weighted by atomic mass is 16.4. The van der Waals surface area contributed by atoms with Gasteiger partial charge in [-0.05, 0) is 19.1 Å². The summed E-state index contributed by atoms with van der Waals surface area (Å²) in [7, 11) is 0. The Hall–Kier alpha value is -1.58. The van der Waals surface area contributed by atoms with Crippen molar-refractivity contribution in [3.05, 3.63) is 23.8 Å². The Morgan fingerprint density at radius 1 is 1.67 bits per heavy atom. The number of hydrogen-bond acceptors (Lipinski definition) is 3. The topological polar surface area (TPSA) is 69.9 Å². The zero-order valence-corrected chi connectivity index (χ0v) is 6.56. The van der Waals surface area contributed by atoms with Crippen molar-refractivity contribution in [3.63, 3.8) is 0 Å². The number of allylic oxidation sites excluding steroid dienone is 2. The molecule has 0 spiro atoms. The molecule has 12 heavy (non-hydrogen) atoms. The molecule has 0 saturated carbocycles. The van der Waals surface area contributed by atoms with E-state index in [0.717, 1.165) is 0 Å². The summed E-state index contributed by atoms with van der Waals surface area (Å²) in [5.74, 6) is -1.48. The summed E-state index contributed by atoms with van der Waals surface area (Å²) in [5, 5.41) is 20.0. The maximum absolute atomic E-state index is 10.6. The van der Waals surface area contributed by atoms with Crippen molar-refractivity contribution < 1.29 is 15.1 Å². The second kappa shape index (κ2) is 3.21. The maximum Gasteiger partial charge on any atom is 0.314 e. The molecule has 1 aliphatic carbocycles. The Balaban J connectivity index is 2.90. The molecular formula is C8H9NO3. The van der Waals surface area contributed by atoms with Crippen LogP contribution in [-0.2, 0) is 4.79 Å². The van der Waals surface area contributed by atoms with Gasteiger partial charge in [-0.3, -0.25) is 4.79 Å². The van der Waals surface area contributed by atoms with Crippen molar-refractivity contribution in [2.75, 3.05) is 0 Å². The van der Waals surface area contributed by atoms with Crippen LogP contribution in [0.1, 0.15) is 6.92 Å². The summed E-state index contributed by atoms with van der Waals surface area (Å²) in [6, 6.07) is 0. The van der Waals surface area contributed by atoms with Crippen LogP contribution in [0.15, 0.2) is 29.0 Å². The largest absolute Gasteiger partial charge is 0.481 e. The fraction of sp³-hybridized carbons (Fsp3) is 0.250. The third kappa shape index (κ3) is 1.53. The van der Waals surface area contributed by atoms with Crippen molar-refractivity contribution >= 4 is 11.7 Å². The van der Waals surface area contributed by atoms with Crippen LogP contribution in [0.5, 0.6) is 0 Å². The minimum atomic E-state index is -0.892. The van der Waals surface area contributed by atoms with E-state index < -0.39 is 11.9 Å². The molecule has 1 rings (SSSR count). The van der Waals surface area contributed by atoms with E-state index in [0.29, 0.717) is 11.3 Å². The quantitative estimate of drug-likeness (QED) is 0.452. The first-order chi connectivity index (χ1) is 5.65. The molecule has 0 heterocycles. The highest BCUT2D eigenvalue weighted by Gasteiger charge is 2.19. The normalized spacial score (nSPS) is 25.6. The molecule has 0 aromatic heterocycles. The van der Waals surface area contributed by atoms with E-state index in [1.807, 2.05) is 0 Å². The number of carbonyl (C=O) groups is 1. The van der Waals surface area contributed by atoms with Crippen LogP contribution in [0.3, 0.4) is 0 Å². The van der Waals surface area contributed by atoms with Gasteiger partial charge in [0.15, 0.2) is 0 Å². The molecule has 1 unspecified atom stereocenters. The number of rotatable bonds is 1. The summed E-state index contributed by atoms with van der Waals surface area (Å²) < 4.78 is 0. The summed E-state index contributed by atoms with van der Waals surface area (Å²) >= 11 is 0. The monoisotopic (exact) mass is 167 g/mol. The average Bonchev–Trinajstić information content (AvgIpc) is 2.03. The Bertz CT molecular complexity index is 289. The van der Waals surface area contributed by atoms with Crippen LogP contribution >= 0.6 is 0 Å². The van der Waals surface area contributed by atoms with Crippen LogP contribution in [-0.4, -0.2) is 22.0 Å². The first-order valence-corrected chi connectivity index (χ1v) is 3.46. The maximum atomic E-state index is 10.6. The summed E-state index contributed by atoms with van der Waals surface area (Å²) in [5.41, 5.74) is 1.04. The van der Waals surface area contributed by atoms with E-state index in [9.17, 15) is 4.79 Å². The van der Waals surface area contributed by atoms with Gasteiger partial charge in [-0.1, -0.05) is 16.8 Å². The predicted molar refractivity (Wildman–Crippen MR) is 43.2 cm³/mol. The van der Waals surface area contributed by atoms with Gasteiger partial charge in [-0.25, -0.2) is 0 Å². The lowest BCUT2D eigenvalue weighted by molar-refractivity contribution is -0.138. The van der Waals surface area contributed by atoms with Gasteiger partial charge in [0, 0.05) is 0 Å². The van der Waals surface area contributed by atoms with Crippen molar-refractivity contribution in [2.24, 2.45) is 11.1 Å². The molecule has 0 aliphatic heterocycles. The molecule has 4 nitrogen and oxygen atoms in total. The van der Waals surface area contributed by atoms with E-state index in [-0.39, 0.29) is 0 Å². The molecule has 0 amide bonds. The summed E-state index contributed by atoms with van der Waals surface area (Å²) in [6.45, 7) is 1.69. The number of nitrogens with zero attached hydrogens (tertiary/aromatic N) is 1. The molecule has 0 saturated heterocycles.